The van der Waals surface area contributed by atoms with E-state index in [1.54, 1.807) is 18.2 Å². The molecule has 1 N–H and O–H groups in total. The molecule has 5 nitrogen and oxygen atoms in total. The van der Waals surface area contributed by atoms with Gasteiger partial charge in [-0.15, -0.1) is 0 Å². The summed E-state index contributed by atoms with van der Waals surface area (Å²) in [7, 11) is 0. The van der Waals surface area contributed by atoms with Crippen molar-refractivity contribution >= 4 is 28.4 Å². The third kappa shape index (κ3) is 4.14. The third-order valence-electron chi connectivity index (χ3n) is 4.82. The standard InChI is InChI=1S/C23H18ClFN2O3/c1-14-4-7-21-16(9-14)10-17(22(28)26-21)12-27(13-18-3-2-8-30-18)23(29)15-5-6-20(25)19(24)11-15/h2-11H,12-13H2,1H3,(H,26,28). The van der Waals surface area contributed by atoms with E-state index in [0.29, 0.717) is 11.3 Å². The smallest absolute Gasteiger partial charge is 0.254 e. The number of nitrogens with zero attached hydrogens (tertiary/aromatic N) is 1. The molecule has 0 aliphatic heterocycles. The van der Waals surface area contributed by atoms with Crippen LogP contribution in [0.3, 0.4) is 0 Å². The number of hydrogen-bond donors (Lipinski definition) is 1. The van der Waals surface area contributed by atoms with Crippen molar-refractivity contribution < 1.29 is 13.6 Å². The van der Waals surface area contributed by atoms with Crippen LogP contribution in [-0.4, -0.2) is 15.8 Å². The average Bonchev–Trinajstić information content (AvgIpc) is 3.23. The van der Waals surface area contributed by atoms with Crippen LogP contribution in [0.1, 0.15) is 27.2 Å². The predicted octanol–water partition coefficient (Wildman–Crippen LogP) is 5.06. The summed E-state index contributed by atoms with van der Waals surface area (Å²) in [5, 5.41) is 0.734. The van der Waals surface area contributed by atoms with Crippen LogP contribution in [-0.2, 0) is 13.1 Å². The molecule has 2 heterocycles. The first-order chi connectivity index (χ1) is 14.4. The number of hydrogen-bond acceptors (Lipinski definition) is 3. The number of carbonyl (C=O) groups excluding carboxylic acids is 1. The number of aryl methyl sites for hydroxylation is 1. The van der Waals surface area contributed by atoms with Crippen LogP contribution < -0.4 is 5.56 Å². The number of rotatable bonds is 5. The van der Waals surface area contributed by atoms with E-state index in [9.17, 15) is 14.0 Å². The first-order valence-corrected chi connectivity index (χ1v) is 9.68. The Labute approximate surface area is 176 Å². The average molecular weight is 425 g/mol. The number of nitrogens with one attached hydrogen (secondary N) is 1. The molecule has 0 radical (unpaired) electrons. The second-order valence-corrected chi connectivity index (χ2v) is 7.49. The quantitative estimate of drug-likeness (QED) is 0.486. The highest BCUT2D eigenvalue weighted by Gasteiger charge is 2.20. The zero-order valence-electron chi connectivity index (χ0n) is 16.1. The van der Waals surface area contributed by atoms with Gasteiger partial charge >= 0.3 is 0 Å². The molecule has 0 aliphatic rings. The van der Waals surface area contributed by atoms with Gasteiger partial charge in [-0.05, 0) is 60.8 Å². The Morgan fingerprint density at radius 2 is 1.97 bits per heavy atom. The van der Waals surface area contributed by atoms with E-state index in [4.69, 9.17) is 16.0 Å². The number of amides is 1. The van der Waals surface area contributed by atoms with Gasteiger partial charge in [0.05, 0.1) is 24.4 Å². The summed E-state index contributed by atoms with van der Waals surface area (Å²) >= 11 is 5.85. The zero-order chi connectivity index (χ0) is 21.3. The van der Waals surface area contributed by atoms with E-state index in [0.717, 1.165) is 22.5 Å². The van der Waals surface area contributed by atoms with E-state index in [1.165, 1.54) is 23.3 Å². The van der Waals surface area contributed by atoms with Crippen LogP contribution in [0, 0.1) is 12.7 Å². The van der Waals surface area contributed by atoms with Crippen molar-refractivity contribution in [3.8, 4) is 0 Å². The van der Waals surface area contributed by atoms with Crippen LogP contribution in [0.25, 0.3) is 10.9 Å². The van der Waals surface area contributed by atoms with Gasteiger partial charge in [-0.3, -0.25) is 9.59 Å². The van der Waals surface area contributed by atoms with Gasteiger partial charge in [-0.1, -0.05) is 23.2 Å². The van der Waals surface area contributed by atoms with Crippen molar-refractivity contribution in [3.05, 3.63) is 105 Å². The van der Waals surface area contributed by atoms with Crippen LogP contribution in [0.15, 0.2) is 70.1 Å². The summed E-state index contributed by atoms with van der Waals surface area (Å²) in [4.78, 5) is 30.1. The van der Waals surface area contributed by atoms with E-state index in [2.05, 4.69) is 4.98 Å². The molecule has 0 fully saturated rings. The summed E-state index contributed by atoms with van der Waals surface area (Å²) in [6.07, 6.45) is 1.51. The summed E-state index contributed by atoms with van der Waals surface area (Å²) in [5.74, 6) is -0.436. The summed E-state index contributed by atoms with van der Waals surface area (Å²) in [6.45, 7) is 2.16. The molecule has 4 aromatic rings. The van der Waals surface area contributed by atoms with Gasteiger partial charge in [0.15, 0.2) is 0 Å². The molecule has 0 spiro atoms. The lowest BCUT2D eigenvalue weighted by Gasteiger charge is -2.22. The number of benzene rings is 2. The molecule has 30 heavy (non-hydrogen) atoms. The largest absolute Gasteiger partial charge is 0.467 e. The first-order valence-electron chi connectivity index (χ1n) is 9.30. The molecule has 0 saturated carbocycles. The fourth-order valence-corrected chi connectivity index (χ4v) is 3.48. The zero-order valence-corrected chi connectivity index (χ0v) is 16.9. The monoisotopic (exact) mass is 424 g/mol. The third-order valence-corrected chi connectivity index (χ3v) is 5.11. The SMILES string of the molecule is Cc1ccc2[nH]c(=O)c(CN(Cc3ccco3)C(=O)c3ccc(F)c(Cl)c3)cc2c1. The lowest BCUT2D eigenvalue weighted by atomic mass is 10.1. The van der Waals surface area contributed by atoms with Crippen LogP contribution in [0.5, 0.6) is 0 Å². The Kier molecular flexibility index (Phi) is 5.42. The number of H-pyrrole nitrogens is 1. The second-order valence-electron chi connectivity index (χ2n) is 7.08. The number of carbonyl (C=O) groups is 1. The van der Waals surface area contributed by atoms with Crippen molar-refractivity contribution in [1.82, 2.24) is 9.88 Å². The highest BCUT2D eigenvalue weighted by molar-refractivity contribution is 6.31. The molecule has 0 bridgehead atoms. The Morgan fingerprint density at radius 1 is 1.13 bits per heavy atom. The van der Waals surface area contributed by atoms with Crippen molar-refractivity contribution in [2.75, 3.05) is 0 Å². The molecule has 2 aromatic heterocycles. The van der Waals surface area contributed by atoms with E-state index >= 15 is 0 Å². The molecule has 152 valence electrons. The van der Waals surface area contributed by atoms with Gasteiger partial charge in [0.1, 0.15) is 11.6 Å². The maximum absolute atomic E-state index is 13.5. The summed E-state index contributed by atoms with van der Waals surface area (Å²) in [6, 6.07) is 14.8. The lowest BCUT2D eigenvalue weighted by Crippen LogP contribution is -2.32. The molecule has 4 rings (SSSR count). The Balaban J connectivity index is 1.72. The molecule has 1 amide bonds. The maximum atomic E-state index is 13.5. The molecule has 0 saturated heterocycles. The molecule has 0 aliphatic carbocycles. The Bertz CT molecular complexity index is 1280. The summed E-state index contributed by atoms with van der Waals surface area (Å²) < 4.78 is 18.9. The van der Waals surface area contributed by atoms with Crippen LogP contribution in [0.2, 0.25) is 5.02 Å². The maximum Gasteiger partial charge on any atom is 0.254 e. The minimum absolute atomic E-state index is 0.0493. The molecular weight excluding hydrogens is 407 g/mol. The van der Waals surface area contributed by atoms with E-state index in [1.807, 2.05) is 25.1 Å². The number of pyridine rings is 1. The van der Waals surface area contributed by atoms with Gasteiger partial charge in [0.25, 0.3) is 11.5 Å². The van der Waals surface area contributed by atoms with Crippen LogP contribution in [0.4, 0.5) is 4.39 Å². The lowest BCUT2D eigenvalue weighted by molar-refractivity contribution is 0.0717. The van der Waals surface area contributed by atoms with Gasteiger partial charge in [0.2, 0.25) is 0 Å². The highest BCUT2D eigenvalue weighted by Crippen LogP contribution is 2.20. The van der Waals surface area contributed by atoms with Gasteiger partial charge in [-0.2, -0.15) is 0 Å². The number of aromatic amines is 1. The van der Waals surface area contributed by atoms with Crippen molar-refractivity contribution in [1.29, 1.82) is 0 Å². The van der Waals surface area contributed by atoms with Crippen molar-refractivity contribution in [2.24, 2.45) is 0 Å². The molecule has 0 unspecified atom stereocenters. The van der Waals surface area contributed by atoms with Crippen LogP contribution >= 0.6 is 11.6 Å². The first kappa shape index (κ1) is 19.9. The Hall–Kier alpha value is -3.38. The number of halogens is 2. The number of aromatic nitrogens is 1. The van der Waals surface area contributed by atoms with E-state index in [-0.39, 0.29) is 29.2 Å². The van der Waals surface area contributed by atoms with E-state index < -0.39 is 11.7 Å². The predicted molar refractivity (Wildman–Crippen MR) is 113 cm³/mol. The Morgan fingerprint density at radius 3 is 2.70 bits per heavy atom. The van der Waals surface area contributed by atoms with Crippen molar-refractivity contribution in [2.45, 2.75) is 20.0 Å². The van der Waals surface area contributed by atoms with Crippen molar-refractivity contribution in [3.63, 3.8) is 0 Å². The van der Waals surface area contributed by atoms with Gasteiger partial charge in [0, 0.05) is 16.6 Å². The molecule has 0 atom stereocenters. The number of furan rings is 1. The topological polar surface area (TPSA) is 66.3 Å². The molecular formula is C23H18ClFN2O3. The minimum atomic E-state index is -0.604. The molecule has 2 aromatic carbocycles. The van der Waals surface area contributed by atoms with Gasteiger partial charge < -0.3 is 14.3 Å². The second kappa shape index (κ2) is 8.16. The fourth-order valence-electron chi connectivity index (χ4n) is 3.30. The number of fused-ring (bicyclic) bond motifs is 1. The molecule has 7 heteroatoms. The fraction of sp³-hybridized carbons (Fsp3) is 0.130. The minimum Gasteiger partial charge on any atom is -0.467 e. The normalized spacial score (nSPS) is 11.0. The highest BCUT2D eigenvalue weighted by atomic mass is 35.5. The summed E-state index contributed by atoms with van der Waals surface area (Å²) in [5.41, 5.74) is 2.16. The van der Waals surface area contributed by atoms with Gasteiger partial charge in [-0.25, -0.2) is 4.39 Å².